The minimum atomic E-state index is -0.241. The fourth-order valence-electron chi connectivity index (χ4n) is 1.94. The van der Waals surface area contributed by atoms with E-state index >= 15 is 0 Å². The Hall–Kier alpha value is -1.10. The van der Waals surface area contributed by atoms with Crippen LogP contribution in [0.4, 0.5) is 0 Å². The second kappa shape index (κ2) is 6.48. The Kier molecular flexibility index (Phi) is 5.25. The number of nitrogens with zero attached hydrogens (tertiary/aromatic N) is 1. The Labute approximate surface area is 95.7 Å². The van der Waals surface area contributed by atoms with Gasteiger partial charge in [0.25, 0.3) is 0 Å². The van der Waals surface area contributed by atoms with E-state index in [0.29, 0.717) is 19.6 Å². The highest BCUT2D eigenvalue weighted by atomic mass is 16.5. The quantitative estimate of drug-likeness (QED) is 0.645. The first-order valence-corrected chi connectivity index (χ1v) is 5.66. The molecule has 1 rings (SSSR count). The Morgan fingerprint density at radius 3 is 2.81 bits per heavy atom. The Morgan fingerprint density at radius 1 is 1.44 bits per heavy atom. The van der Waals surface area contributed by atoms with E-state index in [1.807, 2.05) is 4.90 Å². The molecule has 1 aliphatic heterocycles. The monoisotopic (exact) mass is 229 g/mol. The number of carbonyl (C=O) groups is 2. The highest BCUT2D eigenvalue weighted by molar-refractivity contribution is 5.76. The summed E-state index contributed by atoms with van der Waals surface area (Å²) in [5.74, 6) is -0.417. The lowest BCUT2D eigenvalue weighted by Crippen LogP contribution is -2.38. The zero-order valence-corrected chi connectivity index (χ0v) is 9.90. The molecule has 0 bridgehead atoms. The molecule has 5 nitrogen and oxygen atoms in total. The predicted molar refractivity (Wildman–Crippen MR) is 57.9 cm³/mol. The number of methoxy groups -OCH3 is 1. The molecule has 0 spiro atoms. The van der Waals surface area contributed by atoms with Crippen LogP contribution in [0.25, 0.3) is 0 Å². The van der Waals surface area contributed by atoms with Crippen LogP contribution in [0.2, 0.25) is 0 Å². The van der Waals surface area contributed by atoms with E-state index < -0.39 is 0 Å². The summed E-state index contributed by atoms with van der Waals surface area (Å²) in [7, 11) is 1.37. The molecule has 92 valence electrons. The number of ether oxygens (including phenoxy) is 2. The van der Waals surface area contributed by atoms with Crippen LogP contribution >= 0.6 is 0 Å². The van der Waals surface area contributed by atoms with E-state index in [4.69, 9.17) is 4.74 Å². The van der Waals surface area contributed by atoms with Gasteiger partial charge in [-0.15, -0.1) is 0 Å². The molecule has 1 saturated heterocycles. The predicted octanol–water partition coefficient (Wildman–Crippen LogP) is 0.577. The maximum Gasteiger partial charge on any atom is 0.323 e. The molecule has 0 aliphatic carbocycles. The second-order valence-corrected chi connectivity index (χ2v) is 3.77. The summed E-state index contributed by atoms with van der Waals surface area (Å²) >= 11 is 0. The summed E-state index contributed by atoms with van der Waals surface area (Å²) < 4.78 is 9.56. The highest BCUT2D eigenvalue weighted by Crippen LogP contribution is 2.18. The van der Waals surface area contributed by atoms with Gasteiger partial charge in [-0.2, -0.15) is 0 Å². The average Bonchev–Trinajstić information content (AvgIpc) is 2.74. The first-order chi connectivity index (χ1) is 7.69. The lowest BCUT2D eigenvalue weighted by atomic mass is 10.2. The molecule has 0 N–H and O–H groups in total. The molecule has 0 radical (unpaired) electrons. The fourth-order valence-corrected chi connectivity index (χ4v) is 1.94. The first-order valence-electron chi connectivity index (χ1n) is 5.66. The molecule has 1 aliphatic rings. The third kappa shape index (κ3) is 3.48. The van der Waals surface area contributed by atoms with E-state index in [9.17, 15) is 9.59 Å². The largest absolute Gasteiger partial charge is 0.469 e. The van der Waals surface area contributed by atoms with Crippen LogP contribution in [0.1, 0.15) is 26.2 Å². The molecular formula is C11H19NO4. The molecule has 0 saturated carbocycles. The van der Waals surface area contributed by atoms with Gasteiger partial charge in [-0.25, -0.2) is 0 Å². The van der Waals surface area contributed by atoms with Gasteiger partial charge in [-0.3, -0.25) is 14.5 Å². The highest BCUT2D eigenvalue weighted by Gasteiger charge is 2.31. The number of hydrogen-bond acceptors (Lipinski definition) is 5. The van der Waals surface area contributed by atoms with Crippen molar-refractivity contribution in [3.05, 3.63) is 0 Å². The van der Waals surface area contributed by atoms with Crippen molar-refractivity contribution in [2.45, 2.75) is 32.2 Å². The van der Waals surface area contributed by atoms with Gasteiger partial charge in [0.1, 0.15) is 6.04 Å². The Balaban J connectivity index is 2.39. The molecular weight excluding hydrogens is 210 g/mol. The van der Waals surface area contributed by atoms with Crippen LogP contribution < -0.4 is 0 Å². The van der Waals surface area contributed by atoms with E-state index in [2.05, 4.69) is 4.74 Å². The molecule has 1 fully saturated rings. The van der Waals surface area contributed by atoms with Crippen LogP contribution in [0.5, 0.6) is 0 Å². The molecule has 0 aromatic heterocycles. The van der Waals surface area contributed by atoms with Crippen molar-refractivity contribution in [2.75, 3.05) is 26.8 Å². The summed E-state index contributed by atoms with van der Waals surface area (Å²) in [6.45, 7) is 3.61. The summed E-state index contributed by atoms with van der Waals surface area (Å²) in [4.78, 5) is 24.6. The van der Waals surface area contributed by atoms with Crippen molar-refractivity contribution in [1.82, 2.24) is 4.90 Å². The van der Waals surface area contributed by atoms with E-state index in [-0.39, 0.29) is 18.0 Å². The lowest BCUT2D eigenvalue weighted by molar-refractivity contribution is -0.149. The molecule has 1 atom stereocenters. The topological polar surface area (TPSA) is 55.8 Å². The third-order valence-electron chi connectivity index (χ3n) is 2.75. The van der Waals surface area contributed by atoms with Crippen LogP contribution in [0, 0.1) is 0 Å². The maximum atomic E-state index is 11.6. The number of hydrogen-bond donors (Lipinski definition) is 0. The number of esters is 2. The first kappa shape index (κ1) is 13.0. The number of carbonyl (C=O) groups excluding carboxylic acids is 2. The molecule has 5 heteroatoms. The maximum absolute atomic E-state index is 11.6. The average molecular weight is 229 g/mol. The van der Waals surface area contributed by atoms with Gasteiger partial charge < -0.3 is 9.47 Å². The lowest BCUT2D eigenvalue weighted by Gasteiger charge is -2.21. The molecule has 0 amide bonds. The molecule has 1 unspecified atom stereocenters. The second-order valence-electron chi connectivity index (χ2n) is 3.77. The summed E-state index contributed by atoms with van der Waals surface area (Å²) in [5, 5.41) is 0. The molecule has 16 heavy (non-hydrogen) atoms. The molecule has 1 heterocycles. The summed E-state index contributed by atoms with van der Waals surface area (Å²) in [5.41, 5.74) is 0. The summed E-state index contributed by atoms with van der Waals surface area (Å²) in [6, 6.07) is -0.176. The zero-order chi connectivity index (χ0) is 12.0. The van der Waals surface area contributed by atoms with Gasteiger partial charge in [0.05, 0.1) is 20.1 Å². The van der Waals surface area contributed by atoms with Crippen LogP contribution in [0.15, 0.2) is 0 Å². The van der Waals surface area contributed by atoms with Crippen LogP contribution in [-0.2, 0) is 19.1 Å². The van der Waals surface area contributed by atoms with Gasteiger partial charge in [-0.05, 0) is 26.3 Å². The van der Waals surface area contributed by atoms with E-state index in [0.717, 1.165) is 19.4 Å². The smallest absolute Gasteiger partial charge is 0.323 e. The SMILES string of the molecule is CCOC(=O)C1CCCN1CCC(=O)OC. The van der Waals surface area contributed by atoms with Crippen molar-refractivity contribution in [3.8, 4) is 0 Å². The minimum Gasteiger partial charge on any atom is -0.469 e. The van der Waals surface area contributed by atoms with E-state index in [1.54, 1.807) is 6.92 Å². The standard InChI is InChI=1S/C11H19NO4/c1-3-16-11(14)9-5-4-7-12(9)8-6-10(13)15-2/h9H,3-8H2,1-2H3. The van der Waals surface area contributed by atoms with Crippen molar-refractivity contribution in [1.29, 1.82) is 0 Å². The number of rotatable bonds is 5. The van der Waals surface area contributed by atoms with Crippen LogP contribution in [-0.4, -0.2) is 49.7 Å². The van der Waals surface area contributed by atoms with Gasteiger partial charge >= 0.3 is 11.9 Å². The van der Waals surface area contributed by atoms with Crippen molar-refractivity contribution >= 4 is 11.9 Å². The summed E-state index contributed by atoms with van der Waals surface area (Å²) in [6.07, 6.45) is 2.12. The Bertz CT molecular complexity index is 254. The van der Waals surface area contributed by atoms with Crippen LogP contribution in [0.3, 0.4) is 0 Å². The van der Waals surface area contributed by atoms with E-state index in [1.165, 1.54) is 7.11 Å². The normalized spacial score (nSPS) is 20.8. The molecule has 0 aromatic carbocycles. The zero-order valence-electron chi connectivity index (χ0n) is 9.90. The van der Waals surface area contributed by atoms with Gasteiger partial charge in [0, 0.05) is 6.54 Å². The molecule has 0 aromatic rings. The minimum absolute atomic E-state index is 0.176. The van der Waals surface area contributed by atoms with Crippen molar-refractivity contribution in [2.24, 2.45) is 0 Å². The van der Waals surface area contributed by atoms with Gasteiger partial charge in [-0.1, -0.05) is 0 Å². The van der Waals surface area contributed by atoms with Crippen molar-refractivity contribution < 1.29 is 19.1 Å². The third-order valence-corrected chi connectivity index (χ3v) is 2.75. The number of likely N-dealkylation sites (tertiary alicyclic amines) is 1. The van der Waals surface area contributed by atoms with Gasteiger partial charge in [0.2, 0.25) is 0 Å². The van der Waals surface area contributed by atoms with Gasteiger partial charge in [0.15, 0.2) is 0 Å². The Morgan fingerprint density at radius 2 is 2.19 bits per heavy atom. The fraction of sp³-hybridized carbons (Fsp3) is 0.818. The van der Waals surface area contributed by atoms with Crippen molar-refractivity contribution in [3.63, 3.8) is 0 Å².